The second-order valence-electron chi connectivity index (χ2n) is 29.5. The minimum Gasteiger partial charge on any atom is -0.344 e. The van der Waals surface area contributed by atoms with Crippen molar-refractivity contribution >= 4 is 151 Å². The average Bonchev–Trinajstić information content (AvgIpc) is 1.61. The van der Waals surface area contributed by atoms with Crippen molar-refractivity contribution in [2.24, 2.45) is 0 Å². The maximum atomic E-state index is 15.3. The van der Waals surface area contributed by atoms with Crippen LogP contribution in [0, 0.1) is 31.3 Å². The molecule has 15 rings (SSSR count). The summed E-state index contributed by atoms with van der Waals surface area (Å²) in [6.45, 7) is 3.29. The molecule has 63 heteroatoms. The van der Waals surface area contributed by atoms with Crippen molar-refractivity contribution in [1.29, 1.82) is 0 Å². The van der Waals surface area contributed by atoms with Crippen LogP contribution in [-0.4, -0.2) is 198 Å². The summed E-state index contributed by atoms with van der Waals surface area (Å²) in [5.74, 6) is -3.89. The van der Waals surface area contributed by atoms with Gasteiger partial charge in [0.1, 0.15) is 61.0 Å². The van der Waals surface area contributed by atoms with Crippen molar-refractivity contribution < 1.29 is 127 Å². The minimum atomic E-state index is -3.26. The molecule has 5 aromatic heterocycles. The molecule has 0 bridgehead atoms. The summed E-state index contributed by atoms with van der Waals surface area (Å²) in [6, 6.07) is 0. The third-order valence-corrected chi connectivity index (χ3v) is 32.3. The molecule has 10 fully saturated rings. The van der Waals surface area contributed by atoms with Gasteiger partial charge in [0.05, 0.1) is 82.1 Å². The number of halogens is 13. The highest BCUT2D eigenvalue weighted by molar-refractivity contribution is 8.08. The molecular weight excluding hydrogens is 2010 g/mol. The second-order valence-corrected chi connectivity index (χ2v) is 47.0. The number of aryl methyl sites for hydroxylation is 2. The number of H-pyrrole nitrogens is 5. The first-order chi connectivity index (χ1) is 57.7. The lowest BCUT2D eigenvalue weighted by atomic mass is 10.1. The lowest BCUT2D eigenvalue weighted by molar-refractivity contribution is -0.0659. The molecule has 0 spiro atoms. The van der Waals surface area contributed by atoms with Gasteiger partial charge >= 0.3 is 62.0 Å². The van der Waals surface area contributed by atoms with E-state index in [-0.39, 0.29) is 74.7 Å². The fourth-order valence-electron chi connectivity index (χ4n) is 12.8. The van der Waals surface area contributed by atoms with Crippen LogP contribution in [-0.2, 0) is 151 Å². The number of hydrogen-bond acceptors (Lipinski definition) is 35. The first kappa shape index (κ1) is 102. The molecule has 25 atom stereocenters. The van der Waals surface area contributed by atoms with E-state index in [1.54, 1.807) is 84.2 Å². The van der Waals surface area contributed by atoms with Crippen LogP contribution in [0.25, 0.3) is 0 Å². The summed E-state index contributed by atoms with van der Waals surface area (Å²) in [5.41, 5.74) is -9.41. The number of ether oxygens (including phenoxy) is 5. The molecule has 10 aliphatic heterocycles. The zero-order valence-corrected chi connectivity index (χ0v) is 78.5. The Morgan fingerprint density at radius 1 is 0.328 bits per heavy atom. The van der Waals surface area contributed by atoms with Crippen molar-refractivity contribution in [1.82, 2.24) is 47.8 Å². The maximum absolute atomic E-state index is 15.3. The summed E-state index contributed by atoms with van der Waals surface area (Å²) in [5, 5.41) is -13.5. The van der Waals surface area contributed by atoms with Gasteiger partial charge in [0.2, 0.25) is 17.5 Å². The van der Waals surface area contributed by atoms with Crippen LogP contribution in [0.1, 0.15) is 112 Å². The lowest BCUT2D eigenvalue weighted by Crippen LogP contribution is -2.45. The van der Waals surface area contributed by atoms with E-state index in [9.17, 15) is 61.1 Å². The van der Waals surface area contributed by atoms with Crippen LogP contribution in [0.2, 0.25) is 0 Å². The summed E-state index contributed by atoms with van der Waals surface area (Å²) in [6.07, 6.45) is -17.5. The molecule has 15 heterocycles. The highest BCUT2D eigenvalue weighted by Crippen LogP contribution is 2.67. The predicted molar refractivity (Wildman–Crippen MR) is 441 cm³/mol. The van der Waals surface area contributed by atoms with Crippen molar-refractivity contribution in [3.8, 4) is 0 Å². The minimum absolute atomic E-state index is 0.0827. The molecule has 125 heavy (non-hydrogen) atoms. The molecule has 0 aromatic carbocycles. The zero-order valence-electron chi connectivity index (χ0n) is 66.1. The van der Waals surface area contributed by atoms with Crippen molar-refractivity contribution in [2.75, 3.05) is 33.0 Å². The van der Waals surface area contributed by atoms with Gasteiger partial charge in [0, 0.05) is 23.5 Å². The molecular formula is C62H76Cl5F8N10O30P5S5. The van der Waals surface area contributed by atoms with Crippen molar-refractivity contribution in [3.63, 3.8) is 0 Å². The Balaban J connectivity index is 0.000000152. The Hall–Kier alpha value is -3.26. The van der Waals surface area contributed by atoms with Gasteiger partial charge in [-0.25, -0.2) is 45.9 Å². The molecule has 10 saturated heterocycles. The lowest BCUT2D eigenvalue weighted by Gasteiger charge is -2.35. The monoisotopic (exact) mass is 2080 g/mol. The van der Waals surface area contributed by atoms with Crippen LogP contribution >= 0.6 is 91.6 Å². The van der Waals surface area contributed by atoms with E-state index in [0.29, 0.717) is 32.3 Å². The Labute approximate surface area is 748 Å². The standard InChI is InChI=1S/2C13H17ClFN2O6PS.3C12H14ClF2N2O6PS/c2*1-6(2)22-24(25)20-5-8-9(23-24)13(14,15)11(21-8)17-4-7(3)10(18)16-12(17)19;3*1-5(2)22-24(25)20-4-7-8(23-24)12(13,15)10(21-7)17-3-6(14)9(18)16-11(17)19/h2*4,6,8-9,11H,5H2,1-3H3,(H,16,18,19);3*3,5,7-8,10H,4H2,1-2H3,(H,16,18,19)/t8-,9-,11-,13-,24?;8-,9-,11-,13-,24+;7-,8-,10-,12-,24?;7-,8-,10-,12-,24+;7-,8-,10-,12-,24-/m11111/s1. The van der Waals surface area contributed by atoms with Crippen LogP contribution in [0.4, 0.5) is 35.1 Å². The smallest absolute Gasteiger partial charge is 0.330 e. The van der Waals surface area contributed by atoms with E-state index in [1.165, 1.54) is 26.2 Å². The van der Waals surface area contributed by atoms with Gasteiger partial charge in [0.15, 0.2) is 31.1 Å². The molecule has 5 aromatic rings. The van der Waals surface area contributed by atoms with Crippen LogP contribution in [0.5, 0.6) is 0 Å². The SMILES string of the molecule is CC(C)OP1(=S)OC[C@H]2O[C@@H](n3cc(F)c(=O)[nH]c3=O)[C@@](F)(Cl)[C@@H]2O1.CC(C)O[P@@]1(=S)OC[C@H]2O[C@@H](n3cc(F)c(=O)[nH]c3=O)[C@@](F)(Cl)[C@@H]2O1.CC(C)O[P@]1(=S)OC[C@H]2O[C@@H](n3cc(F)c(=O)[nH]c3=O)[C@@](F)(Cl)[C@@H]2O1.Cc1cn([C@@H]2O[C@@H]3COP(=S)(OC(C)C)O[C@H]3[C@]2(F)Cl)c(=O)[nH]c1=O.Cc1cn([C@@H]2O[C@@H]3CO[P@](=S)(OC(C)C)O[C@H]3[C@]2(F)Cl)c(=O)[nH]c1=O. The summed E-state index contributed by atoms with van der Waals surface area (Å²) in [7, 11) is 0. The molecule has 10 aliphatic rings. The third-order valence-electron chi connectivity index (χ3n) is 18.0. The Morgan fingerprint density at radius 2 is 0.488 bits per heavy atom. The first-order valence-corrected chi connectivity index (χ1v) is 51.2. The highest BCUT2D eigenvalue weighted by Gasteiger charge is 2.68. The van der Waals surface area contributed by atoms with Gasteiger partial charge in [-0.2, -0.15) is 13.2 Å². The third kappa shape index (κ3) is 22.2. The quantitative estimate of drug-likeness (QED) is 0.0376. The molecule has 0 aliphatic carbocycles. The van der Waals surface area contributed by atoms with Gasteiger partial charge in [-0.3, -0.25) is 94.3 Å². The zero-order chi connectivity index (χ0) is 92.8. The van der Waals surface area contributed by atoms with Gasteiger partial charge in [-0.15, -0.1) is 0 Å². The van der Waals surface area contributed by atoms with Gasteiger partial charge < -0.3 is 68.9 Å². The van der Waals surface area contributed by atoms with Crippen LogP contribution in [0.3, 0.4) is 0 Å². The van der Waals surface area contributed by atoms with Crippen LogP contribution in [0.15, 0.2) is 78.9 Å². The molecule has 0 saturated carbocycles. The van der Waals surface area contributed by atoms with E-state index in [2.05, 4.69) is 9.97 Å². The largest absolute Gasteiger partial charge is 0.344 e. The number of aromatic nitrogens is 10. The maximum Gasteiger partial charge on any atom is 0.330 e. The van der Waals surface area contributed by atoms with E-state index in [0.717, 1.165) is 9.13 Å². The van der Waals surface area contributed by atoms with E-state index >= 15 is 22.0 Å². The molecule has 0 amide bonds. The molecule has 0 radical (unpaired) electrons. The van der Waals surface area contributed by atoms with Gasteiger partial charge in [0.25, 0.3) is 53.4 Å². The molecule has 700 valence electrons. The number of aromatic amines is 5. The molecule has 40 nitrogen and oxygen atoms in total. The summed E-state index contributed by atoms with van der Waals surface area (Å²) >= 11 is 55.9. The Kier molecular flexibility index (Phi) is 31.6. The molecule has 2 unspecified atom stereocenters. The van der Waals surface area contributed by atoms with E-state index < -0.39 is 225 Å². The number of rotatable bonds is 15. The van der Waals surface area contributed by atoms with Crippen LogP contribution < -0.4 is 56.2 Å². The van der Waals surface area contributed by atoms with Gasteiger partial charge in [-0.1, -0.05) is 58.0 Å². The Morgan fingerprint density at radius 3 is 0.656 bits per heavy atom. The Bertz CT molecular complexity index is 5020. The average molecular weight is 2090 g/mol. The second kappa shape index (κ2) is 38.6. The number of alkyl halides is 10. The van der Waals surface area contributed by atoms with Gasteiger partial charge in [-0.05, 0) is 142 Å². The van der Waals surface area contributed by atoms with Crippen molar-refractivity contribution in [2.45, 2.75) is 231 Å². The van der Waals surface area contributed by atoms with E-state index in [1.807, 2.05) is 0 Å². The normalized spacial score (nSPS) is 38.1. The molecule has 5 N–H and O–H groups in total. The fourth-order valence-corrected chi connectivity index (χ4v) is 27.7. The topological polar surface area (TPSA) is 459 Å². The summed E-state index contributed by atoms with van der Waals surface area (Å²) in [4.78, 5) is 125. The number of fused-ring (bicyclic) bond motifs is 5. The fraction of sp³-hybridized carbons (Fsp3) is 0.677. The number of nitrogens with one attached hydrogen (secondary N) is 5. The predicted octanol–water partition coefficient (Wildman–Crippen LogP) is 8.05. The first-order valence-electron chi connectivity index (χ1n) is 36.6. The summed E-state index contributed by atoms with van der Waals surface area (Å²) < 4.78 is 229. The van der Waals surface area contributed by atoms with E-state index in [4.69, 9.17) is 209 Å². The number of hydrogen-bond donors (Lipinski definition) is 5. The number of nitrogens with zero attached hydrogens (tertiary/aromatic N) is 5. The highest BCUT2D eigenvalue weighted by atomic mass is 35.5. The van der Waals surface area contributed by atoms with Crippen molar-refractivity contribution in [3.05, 3.63) is 164 Å².